The van der Waals surface area contributed by atoms with Crippen LogP contribution in [0.15, 0.2) is 24.3 Å². The Morgan fingerprint density at radius 2 is 2.18 bits per heavy atom. The van der Waals surface area contributed by atoms with E-state index in [1.54, 1.807) is 17.0 Å². The summed E-state index contributed by atoms with van der Waals surface area (Å²) in [5.41, 5.74) is 2.77. The Kier molecular flexibility index (Phi) is 3.94. The number of aromatic nitrogens is 2. The fourth-order valence-electron chi connectivity index (χ4n) is 2.93. The van der Waals surface area contributed by atoms with Crippen LogP contribution in [0.3, 0.4) is 0 Å². The van der Waals surface area contributed by atoms with E-state index in [-0.39, 0.29) is 17.5 Å². The van der Waals surface area contributed by atoms with Crippen molar-refractivity contribution in [3.8, 4) is 0 Å². The van der Waals surface area contributed by atoms with Crippen LogP contribution >= 0.6 is 0 Å². The molecule has 1 aromatic carbocycles. The summed E-state index contributed by atoms with van der Waals surface area (Å²) in [4.78, 5) is 14.4. The SMILES string of the molecule is Cc1n[nH]c(C)c1[C@@H]1COCCN1C(=O)c1ccccc1F. The Morgan fingerprint density at radius 1 is 1.41 bits per heavy atom. The number of hydrogen-bond acceptors (Lipinski definition) is 3. The molecule has 0 aliphatic carbocycles. The molecule has 1 atom stereocenters. The van der Waals surface area contributed by atoms with Crippen molar-refractivity contribution < 1.29 is 13.9 Å². The minimum Gasteiger partial charge on any atom is -0.377 e. The lowest BCUT2D eigenvalue weighted by atomic mass is 10.0. The minimum absolute atomic E-state index is 0.0909. The molecule has 1 aliphatic heterocycles. The van der Waals surface area contributed by atoms with Gasteiger partial charge in [-0.15, -0.1) is 0 Å². The third-order valence-corrected chi connectivity index (χ3v) is 4.01. The van der Waals surface area contributed by atoms with E-state index >= 15 is 0 Å². The third kappa shape index (κ3) is 2.50. The Balaban J connectivity index is 1.97. The number of H-pyrrole nitrogens is 1. The lowest BCUT2D eigenvalue weighted by Crippen LogP contribution is -2.44. The third-order valence-electron chi connectivity index (χ3n) is 4.01. The molecule has 6 heteroatoms. The lowest BCUT2D eigenvalue weighted by molar-refractivity contribution is -0.00325. The van der Waals surface area contributed by atoms with Crippen LogP contribution in [0, 0.1) is 19.7 Å². The monoisotopic (exact) mass is 303 g/mol. The highest BCUT2D eigenvalue weighted by Gasteiger charge is 2.33. The molecule has 116 valence electrons. The van der Waals surface area contributed by atoms with E-state index in [9.17, 15) is 9.18 Å². The number of aromatic amines is 1. The summed E-state index contributed by atoms with van der Waals surface area (Å²) in [5.74, 6) is -0.815. The predicted molar refractivity (Wildman–Crippen MR) is 79.1 cm³/mol. The average Bonchev–Trinajstić information content (AvgIpc) is 2.86. The summed E-state index contributed by atoms with van der Waals surface area (Å²) in [6, 6.07) is 5.81. The van der Waals surface area contributed by atoms with Crippen molar-refractivity contribution in [1.82, 2.24) is 15.1 Å². The molecular formula is C16H18FN3O2. The summed E-state index contributed by atoms with van der Waals surface area (Å²) in [5, 5.41) is 7.11. The maximum Gasteiger partial charge on any atom is 0.257 e. The quantitative estimate of drug-likeness (QED) is 0.926. The number of morpholine rings is 1. The van der Waals surface area contributed by atoms with Gasteiger partial charge in [0.05, 0.1) is 30.5 Å². The van der Waals surface area contributed by atoms with Crippen LogP contribution < -0.4 is 0 Å². The second-order valence-electron chi connectivity index (χ2n) is 5.42. The van der Waals surface area contributed by atoms with Gasteiger partial charge in [0, 0.05) is 17.8 Å². The molecule has 0 radical (unpaired) electrons. The number of amides is 1. The molecule has 0 unspecified atom stereocenters. The van der Waals surface area contributed by atoms with Crippen molar-refractivity contribution in [3.63, 3.8) is 0 Å². The molecule has 1 amide bonds. The fourth-order valence-corrected chi connectivity index (χ4v) is 2.93. The van der Waals surface area contributed by atoms with Crippen molar-refractivity contribution in [2.45, 2.75) is 19.9 Å². The Hall–Kier alpha value is -2.21. The van der Waals surface area contributed by atoms with E-state index in [4.69, 9.17) is 4.74 Å². The maximum absolute atomic E-state index is 13.9. The molecule has 22 heavy (non-hydrogen) atoms. The molecule has 2 aromatic rings. The average molecular weight is 303 g/mol. The topological polar surface area (TPSA) is 58.2 Å². The molecule has 1 fully saturated rings. The highest BCUT2D eigenvalue weighted by Crippen LogP contribution is 2.29. The fraction of sp³-hybridized carbons (Fsp3) is 0.375. The summed E-state index contributed by atoms with van der Waals surface area (Å²) in [6.45, 7) is 5.07. The molecule has 3 rings (SSSR count). The Morgan fingerprint density at radius 3 is 2.86 bits per heavy atom. The summed E-state index contributed by atoms with van der Waals surface area (Å²) in [7, 11) is 0. The zero-order valence-corrected chi connectivity index (χ0v) is 12.6. The van der Waals surface area contributed by atoms with Crippen molar-refractivity contribution in [3.05, 3.63) is 52.6 Å². The van der Waals surface area contributed by atoms with Crippen molar-refractivity contribution in [1.29, 1.82) is 0 Å². The lowest BCUT2D eigenvalue weighted by Gasteiger charge is -2.36. The first-order valence-electron chi connectivity index (χ1n) is 7.24. The molecule has 0 spiro atoms. The van der Waals surface area contributed by atoms with Gasteiger partial charge in [0.1, 0.15) is 5.82 Å². The van der Waals surface area contributed by atoms with Gasteiger partial charge in [-0.25, -0.2) is 4.39 Å². The Labute approximate surface area is 128 Å². The zero-order chi connectivity index (χ0) is 15.7. The molecule has 0 bridgehead atoms. The number of hydrogen-bond donors (Lipinski definition) is 1. The molecule has 2 heterocycles. The molecular weight excluding hydrogens is 285 g/mol. The number of nitrogens with one attached hydrogen (secondary N) is 1. The van der Waals surface area contributed by atoms with Gasteiger partial charge in [0.15, 0.2) is 0 Å². The second-order valence-corrected chi connectivity index (χ2v) is 5.42. The normalized spacial score (nSPS) is 18.5. The van der Waals surface area contributed by atoms with E-state index in [1.165, 1.54) is 12.1 Å². The van der Waals surface area contributed by atoms with Crippen LogP contribution in [0.25, 0.3) is 0 Å². The number of aryl methyl sites for hydroxylation is 2. The molecule has 1 N–H and O–H groups in total. The highest BCUT2D eigenvalue weighted by atomic mass is 19.1. The van der Waals surface area contributed by atoms with Gasteiger partial charge >= 0.3 is 0 Å². The number of nitrogens with zero attached hydrogens (tertiary/aromatic N) is 2. The number of carbonyl (C=O) groups excluding carboxylic acids is 1. The second kappa shape index (κ2) is 5.88. The van der Waals surface area contributed by atoms with E-state index in [0.717, 1.165) is 17.0 Å². The van der Waals surface area contributed by atoms with E-state index in [1.807, 2.05) is 13.8 Å². The number of benzene rings is 1. The molecule has 1 aliphatic rings. The van der Waals surface area contributed by atoms with Gasteiger partial charge in [-0.05, 0) is 26.0 Å². The van der Waals surface area contributed by atoms with Crippen LogP contribution in [0.2, 0.25) is 0 Å². The van der Waals surface area contributed by atoms with Gasteiger partial charge in [0.25, 0.3) is 5.91 Å². The van der Waals surface area contributed by atoms with Crippen molar-refractivity contribution in [2.75, 3.05) is 19.8 Å². The van der Waals surface area contributed by atoms with Gasteiger partial charge in [-0.1, -0.05) is 12.1 Å². The van der Waals surface area contributed by atoms with Crippen molar-refractivity contribution >= 4 is 5.91 Å². The number of ether oxygens (including phenoxy) is 1. The van der Waals surface area contributed by atoms with Crippen LogP contribution in [0.4, 0.5) is 4.39 Å². The first-order valence-corrected chi connectivity index (χ1v) is 7.24. The first kappa shape index (κ1) is 14.7. The standard InChI is InChI=1S/C16H18FN3O2/c1-10-15(11(2)19-18-10)14-9-22-8-7-20(14)16(21)12-5-3-4-6-13(12)17/h3-6,14H,7-9H2,1-2H3,(H,18,19)/t14-/m0/s1. The first-order chi connectivity index (χ1) is 10.6. The summed E-state index contributed by atoms with van der Waals surface area (Å²) in [6.07, 6.45) is 0. The number of rotatable bonds is 2. The minimum atomic E-state index is -0.502. The summed E-state index contributed by atoms with van der Waals surface area (Å²) >= 11 is 0. The molecule has 1 aromatic heterocycles. The number of halogens is 1. The van der Waals surface area contributed by atoms with E-state index in [2.05, 4.69) is 10.2 Å². The van der Waals surface area contributed by atoms with Crippen LogP contribution in [0.5, 0.6) is 0 Å². The molecule has 0 saturated carbocycles. The summed E-state index contributed by atoms with van der Waals surface area (Å²) < 4.78 is 19.5. The smallest absolute Gasteiger partial charge is 0.257 e. The van der Waals surface area contributed by atoms with E-state index < -0.39 is 5.82 Å². The maximum atomic E-state index is 13.9. The zero-order valence-electron chi connectivity index (χ0n) is 12.6. The van der Waals surface area contributed by atoms with Gasteiger partial charge in [0.2, 0.25) is 0 Å². The largest absolute Gasteiger partial charge is 0.377 e. The van der Waals surface area contributed by atoms with Gasteiger partial charge in [-0.2, -0.15) is 5.10 Å². The van der Waals surface area contributed by atoms with Crippen LogP contribution in [-0.2, 0) is 4.74 Å². The van der Waals surface area contributed by atoms with Crippen LogP contribution in [-0.4, -0.2) is 40.8 Å². The highest BCUT2D eigenvalue weighted by molar-refractivity contribution is 5.94. The Bertz CT molecular complexity index is 679. The predicted octanol–water partition coefficient (Wildman–Crippen LogP) is 2.38. The number of carbonyl (C=O) groups is 1. The molecule has 5 nitrogen and oxygen atoms in total. The molecule has 1 saturated heterocycles. The van der Waals surface area contributed by atoms with Gasteiger partial charge < -0.3 is 9.64 Å². The van der Waals surface area contributed by atoms with Gasteiger partial charge in [-0.3, -0.25) is 9.89 Å². The van der Waals surface area contributed by atoms with E-state index in [0.29, 0.717) is 19.8 Å². The van der Waals surface area contributed by atoms with Crippen LogP contribution in [0.1, 0.15) is 33.4 Å². The van der Waals surface area contributed by atoms with Crippen molar-refractivity contribution in [2.24, 2.45) is 0 Å².